The van der Waals surface area contributed by atoms with Crippen molar-refractivity contribution in [2.24, 2.45) is 0 Å². The van der Waals surface area contributed by atoms with Crippen molar-refractivity contribution in [3.8, 4) is 0 Å². The second-order valence-electron chi connectivity index (χ2n) is 4.98. The number of aromatic nitrogens is 1. The Morgan fingerprint density at radius 3 is 2.81 bits per heavy atom. The summed E-state index contributed by atoms with van der Waals surface area (Å²) in [5.74, 6) is 0. The average molecular weight is 324 g/mol. The van der Waals surface area contributed by atoms with Crippen molar-refractivity contribution in [3.63, 3.8) is 0 Å². The number of benzene rings is 1. The highest BCUT2D eigenvalue weighted by molar-refractivity contribution is 7.90. The zero-order valence-electron chi connectivity index (χ0n) is 12.2. The molecule has 2 rings (SSSR count). The number of thiazole rings is 1. The number of nitrogens with zero attached hydrogens (tertiary/aromatic N) is 1. The smallest absolute Gasteiger partial charge is 0.175 e. The molecule has 0 bridgehead atoms. The zero-order valence-corrected chi connectivity index (χ0v) is 13.9. The van der Waals surface area contributed by atoms with E-state index in [4.69, 9.17) is 0 Å². The van der Waals surface area contributed by atoms with E-state index in [2.05, 4.69) is 17.2 Å². The van der Waals surface area contributed by atoms with Gasteiger partial charge in [-0.15, -0.1) is 11.3 Å². The Labute approximate surface area is 130 Å². The van der Waals surface area contributed by atoms with Gasteiger partial charge < -0.3 is 5.32 Å². The molecule has 0 aliphatic carbocycles. The lowest BCUT2D eigenvalue weighted by molar-refractivity contribution is 0.527. The van der Waals surface area contributed by atoms with Crippen molar-refractivity contribution in [1.29, 1.82) is 0 Å². The van der Waals surface area contributed by atoms with Crippen LogP contribution in [0.25, 0.3) is 0 Å². The summed E-state index contributed by atoms with van der Waals surface area (Å²) in [6.07, 6.45) is 4.83. The summed E-state index contributed by atoms with van der Waals surface area (Å²) in [6, 6.07) is 7.25. The van der Waals surface area contributed by atoms with Crippen LogP contribution in [0.2, 0.25) is 0 Å². The first kappa shape index (κ1) is 16.1. The molecular formula is C15H20N2O2S2. The Morgan fingerprint density at radius 1 is 1.38 bits per heavy atom. The Hall–Kier alpha value is -1.24. The topological polar surface area (TPSA) is 59.1 Å². The SMILES string of the molecule is CCCNC(Cc1nccs1)c1cccc(S(C)(=O)=O)c1. The fourth-order valence-corrected chi connectivity index (χ4v) is 3.46. The fraction of sp³-hybridized carbons (Fsp3) is 0.400. The van der Waals surface area contributed by atoms with Crippen molar-refractivity contribution in [3.05, 3.63) is 46.4 Å². The van der Waals surface area contributed by atoms with Crippen LogP contribution in [0.5, 0.6) is 0 Å². The van der Waals surface area contributed by atoms with Crippen LogP contribution < -0.4 is 5.32 Å². The highest BCUT2D eigenvalue weighted by atomic mass is 32.2. The molecule has 0 saturated heterocycles. The Balaban J connectivity index is 2.27. The van der Waals surface area contributed by atoms with Gasteiger partial charge in [-0.05, 0) is 30.7 Å². The lowest BCUT2D eigenvalue weighted by Crippen LogP contribution is -2.24. The van der Waals surface area contributed by atoms with Gasteiger partial charge in [0.2, 0.25) is 0 Å². The molecule has 0 saturated carbocycles. The molecule has 0 radical (unpaired) electrons. The Bertz CT molecular complexity index is 667. The van der Waals surface area contributed by atoms with Crippen LogP contribution in [0, 0.1) is 0 Å². The molecule has 114 valence electrons. The standard InChI is InChI=1S/C15H20N2O2S2/c1-3-7-16-14(11-15-17-8-9-20-15)12-5-4-6-13(10-12)21(2,18)19/h4-6,8-10,14,16H,3,7,11H2,1-2H3. The maximum atomic E-state index is 11.7. The van der Waals surface area contributed by atoms with Crippen LogP contribution in [0.3, 0.4) is 0 Å². The molecular weight excluding hydrogens is 304 g/mol. The summed E-state index contributed by atoms with van der Waals surface area (Å²) in [5.41, 5.74) is 0.988. The molecule has 21 heavy (non-hydrogen) atoms. The van der Waals surface area contributed by atoms with Gasteiger partial charge in [-0.25, -0.2) is 13.4 Å². The van der Waals surface area contributed by atoms with Crippen molar-refractivity contribution in [2.45, 2.75) is 30.7 Å². The summed E-state index contributed by atoms with van der Waals surface area (Å²) in [7, 11) is -3.18. The summed E-state index contributed by atoms with van der Waals surface area (Å²) in [6.45, 7) is 3.00. The molecule has 0 fully saturated rings. The van der Waals surface area contributed by atoms with E-state index in [1.165, 1.54) is 6.26 Å². The molecule has 1 atom stereocenters. The molecule has 2 aromatic rings. The van der Waals surface area contributed by atoms with Gasteiger partial charge in [0, 0.05) is 30.3 Å². The predicted molar refractivity (Wildman–Crippen MR) is 86.4 cm³/mol. The molecule has 0 amide bonds. The first-order valence-corrected chi connectivity index (χ1v) is 9.69. The van der Waals surface area contributed by atoms with Gasteiger partial charge >= 0.3 is 0 Å². The highest BCUT2D eigenvalue weighted by Crippen LogP contribution is 2.22. The molecule has 0 aliphatic heterocycles. The van der Waals surface area contributed by atoms with Crippen LogP contribution in [-0.4, -0.2) is 26.2 Å². The first-order chi connectivity index (χ1) is 10.0. The van der Waals surface area contributed by atoms with E-state index in [1.807, 2.05) is 11.4 Å². The van der Waals surface area contributed by atoms with E-state index in [1.54, 1.807) is 35.7 Å². The Morgan fingerprint density at radius 2 is 2.19 bits per heavy atom. The molecule has 4 nitrogen and oxygen atoms in total. The quantitative estimate of drug-likeness (QED) is 0.851. The molecule has 1 aromatic carbocycles. The van der Waals surface area contributed by atoms with Crippen molar-refractivity contribution in [2.75, 3.05) is 12.8 Å². The summed E-state index contributed by atoms with van der Waals surface area (Å²) >= 11 is 1.62. The maximum absolute atomic E-state index is 11.7. The van der Waals surface area contributed by atoms with Gasteiger partial charge in [0.1, 0.15) is 0 Å². The van der Waals surface area contributed by atoms with Crippen LogP contribution in [-0.2, 0) is 16.3 Å². The summed E-state index contributed by atoms with van der Waals surface area (Å²) < 4.78 is 23.4. The third kappa shape index (κ3) is 4.62. The lowest BCUT2D eigenvalue weighted by Gasteiger charge is -2.18. The van der Waals surface area contributed by atoms with Gasteiger partial charge in [0.05, 0.1) is 9.90 Å². The van der Waals surface area contributed by atoms with Gasteiger partial charge in [0.25, 0.3) is 0 Å². The normalized spacial score (nSPS) is 13.2. The van der Waals surface area contributed by atoms with Crippen molar-refractivity contribution in [1.82, 2.24) is 10.3 Å². The third-order valence-electron chi connectivity index (χ3n) is 3.19. The van der Waals surface area contributed by atoms with E-state index in [-0.39, 0.29) is 6.04 Å². The molecule has 6 heteroatoms. The number of sulfone groups is 1. The van der Waals surface area contributed by atoms with Crippen LogP contribution in [0.15, 0.2) is 40.7 Å². The zero-order chi connectivity index (χ0) is 15.3. The van der Waals surface area contributed by atoms with E-state index in [0.29, 0.717) is 4.90 Å². The van der Waals surface area contributed by atoms with Gasteiger partial charge in [-0.3, -0.25) is 0 Å². The number of nitrogens with one attached hydrogen (secondary N) is 1. The van der Waals surface area contributed by atoms with Crippen molar-refractivity contribution < 1.29 is 8.42 Å². The molecule has 1 heterocycles. The average Bonchev–Trinajstić information content (AvgIpc) is 2.95. The highest BCUT2D eigenvalue weighted by Gasteiger charge is 2.15. The molecule has 1 N–H and O–H groups in total. The number of hydrogen-bond acceptors (Lipinski definition) is 5. The third-order valence-corrected chi connectivity index (χ3v) is 5.10. The van der Waals surface area contributed by atoms with E-state index in [9.17, 15) is 8.42 Å². The second-order valence-corrected chi connectivity index (χ2v) is 7.98. The Kier molecular flexibility index (Phi) is 5.50. The van der Waals surface area contributed by atoms with Gasteiger partial charge in [0.15, 0.2) is 9.84 Å². The lowest BCUT2D eigenvalue weighted by atomic mass is 10.0. The second kappa shape index (κ2) is 7.15. The fourth-order valence-electron chi connectivity index (χ4n) is 2.12. The summed E-state index contributed by atoms with van der Waals surface area (Å²) in [4.78, 5) is 4.68. The largest absolute Gasteiger partial charge is 0.310 e. The first-order valence-electron chi connectivity index (χ1n) is 6.92. The van der Waals surface area contributed by atoms with Crippen molar-refractivity contribution >= 4 is 21.2 Å². The van der Waals surface area contributed by atoms with Crippen LogP contribution in [0.4, 0.5) is 0 Å². The van der Waals surface area contributed by atoms with E-state index >= 15 is 0 Å². The molecule has 1 aromatic heterocycles. The number of hydrogen-bond donors (Lipinski definition) is 1. The molecule has 0 spiro atoms. The molecule has 0 aliphatic rings. The minimum absolute atomic E-state index is 0.0813. The minimum atomic E-state index is -3.18. The molecule has 1 unspecified atom stereocenters. The minimum Gasteiger partial charge on any atom is -0.310 e. The van der Waals surface area contributed by atoms with Crippen LogP contribution in [0.1, 0.15) is 30.0 Å². The van der Waals surface area contributed by atoms with Gasteiger partial charge in [-0.2, -0.15) is 0 Å². The summed E-state index contributed by atoms with van der Waals surface area (Å²) in [5, 5.41) is 6.48. The number of rotatable bonds is 7. The van der Waals surface area contributed by atoms with E-state index < -0.39 is 9.84 Å². The maximum Gasteiger partial charge on any atom is 0.175 e. The predicted octanol–water partition coefficient (Wildman–Crippen LogP) is 2.83. The van der Waals surface area contributed by atoms with Gasteiger partial charge in [-0.1, -0.05) is 19.1 Å². The van der Waals surface area contributed by atoms with E-state index in [0.717, 1.165) is 30.0 Å². The van der Waals surface area contributed by atoms with Crippen LogP contribution >= 0.6 is 11.3 Å². The monoisotopic (exact) mass is 324 g/mol.